The minimum Gasteiger partial charge on any atom is -0.488 e. The number of nitrogens with zero attached hydrogens (tertiary/aromatic N) is 4. The molecule has 8 heteroatoms. The molecule has 0 saturated carbocycles. The van der Waals surface area contributed by atoms with E-state index >= 15 is 0 Å². The van der Waals surface area contributed by atoms with Crippen molar-refractivity contribution in [3.05, 3.63) is 30.4 Å². The minimum atomic E-state index is -0.218. The Balaban J connectivity index is 1.89. The first-order valence-corrected chi connectivity index (χ1v) is 7.00. The Morgan fingerprint density at radius 1 is 1.55 bits per heavy atom. The maximum absolute atomic E-state index is 11.7. The second kappa shape index (κ2) is 5.92. The average Bonchev–Trinajstić information content (AvgIpc) is 3.06. The molecule has 0 aliphatic carbocycles. The number of amides is 2. The summed E-state index contributed by atoms with van der Waals surface area (Å²) < 4.78 is 5.65. The molecule has 0 radical (unpaired) electrons. The molecule has 0 spiro atoms. The third-order valence-electron chi connectivity index (χ3n) is 3.52. The lowest BCUT2D eigenvalue weighted by Crippen LogP contribution is -2.37. The molecule has 0 bridgehead atoms. The molecule has 1 aliphatic rings. The number of pyridine rings is 1. The van der Waals surface area contributed by atoms with E-state index in [1.54, 1.807) is 32.7 Å². The summed E-state index contributed by atoms with van der Waals surface area (Å²) in [5, 5.41) is 2.58. The lowest BCUT2D eigenvalue weighted by Gasteiger charge is -2.30. The molecular formula is C14H18N6O2. The highest BCUT2D eigenvalue weighted by molar-refractivity contribution is 5.90. The van der Waals surface area contributed by atoms with Gasteiger partial charge in [0.2, 0.25) is 0 Å². The minimum absolute atomic E-state index is 0.218. The molecule has 0 saturated heterocycles. The predicted octanol–water partition coefficient (Wildman–Crippen LogP) is 0.979. The fourth-order valence-electron chi connectivity index (χ4n) is 2.33. The molecule has 3 heterocycles. The Labute approximate surface area is 128 Å². The van der Waals surface area contributed by atoms with E-state index in [-0.39, 0.29) is 6.03 Å². The Morgan fingerprint density at radius 2 is 2.41 bits per heavy atom. The fraction of sp³-hybridized carbons (Fsp3) is 0.357. The second-order valence-corrected chi connectivity index (χ2v) is 4.95. The van der Waals surface area contributed by atoms with Gasteiger partial charge >= 0.3 is 6.03 Å². The zero-order valence-corrected chi connectivity index (χ0v) is 12.5. The van der Waals surface area contributed by atoms with Crippen LogP contribution in [0.25, 0.3) is 0 Å². The zero-order chi connectivity index (χ0) is 15.5. The molecule has 3 rings (SSSR count). The van der Waals surface area contributed by atoms with E-state index in [0.29, 0.717) is 19.0 Å². The van der Waals surface area contributed by atoms with E-state index in [1.807, 2.05) is 6.07 Å². The van der Waals surface area contributed by atoms with Crippen LogP contribution >= 0.6 is 0 Å². The first-order chi connectivity index (χ1) is 10.7. The summed E-state index contributed by atoms with van der Waals surface area (Å²) in [5.74, 6) is 2.02. The van der Waals surface area contributed by atoms with Gasteiger partial charge < -0.3 is 19.9 Å². The van der Waals surface area contributed by atoms with E-state index in [0.717, 1.165) is 23.8 Å². The number of carbonyl (C=O) groups is 1. The standard InChI is InChI=1S/C14H18N6O2/c1-15-14(21)19(2)12-4-3-11-13(18-12)20(5-6-22-11)8-10-7-16-9-17-10/h3-4,7,9H,5-6,8H2,1-2H3,(H,15,21)(H,16,17). The van der Waals surface area contributed by atoms with Gasteiger partial charge in [0.05, 0.1) is 25.1 Å². The molecule has 2 aromatic heterocycles. The van der Waals surface area contributed by atoms with Gasteiger partial charge in [-0.1, -0.05) is 0 Å². The van der Waals surface area contributed by atoms with Crippen molar-refractivity contribution in [2.75, 3.05) is 37.0 Å². The Kier molecular flexibility index (Phi) is 3.82. The van der Waals surface area contributed by atoms with Crippen molar-refractivity contribution in [1.82, 2.24) is 20.3 Å². The number of rotatable bonds is 3. The Hall–Kier alpha value is -2.77. The number of fused-ring (bicyclic) bond motifs is 1. The van der Waals surface area contributed by atoms with Gasteiger partial charge in [-0.2, -0.15) is 0 Å². The van der Waals surface area contributed by atoms with Gasteiger partial charge in [-0.15, -0.1) is 0 Å². The van der Waals surface area contributed by atoms with Crippen LogP contribution in [-0.4, -0.2) is 48.2 Å². The third-order valence-corrected chi connectivity index (χ3v) is 3.52. The van der Waals surface area contributed by atoms with Crippen molar-refractivity contribution in [3.8, 4) is 5.75 Å². The van der Waals surface area contributed by atoms with Gasteiger partial charge in [0.15, 0.2) is 11.6 Å². The van der Waals surface area contributed by atoms with Crippen LogP contribution in [0.4, 0.5) is 16.4 Å². The normalized spacial score (nSPS) is 13.3. The molecule has 2 N–H and O–H groups in total. The Bertz CT molecular complexity index is 657. The van der Waals surface area contributed by atoms with Crippen molar-refractivity contribution in [3.63, 3.8) is 0 Å². The summed E-state index contributed by atoms with van der Waals surface area (Å²) in [4.78, 5) is 27.0. The molecule has 8 nitrogen and oxygen atoms in total. The van der Waals surface area contributed by atoms with E-state index < -0.39 is 0 Å². The van der Waals surface area contributed by atoms with Crippen LogP contribution in [0.1, 0.15) is 5.69 Å². The van der Waals surface area contributed by atoms with Crippen LogP contribution < -0.4 is 19.9 Å². The van der Waals surface area contributed by atoms with Crippen LogP contribution in [0.5, 0.6) is 5.75 Å². The smallest absolute Gasteiger partial charge is 0.322 e. The van der Waals surface area contributed by atoms with Gasteiger partial charge in [0.1, 0.15) is 12.4 Å². The Morgan fingerprint density at radius 3 is 3.14 bits per heavy atom. The monoisotopic (exact) mass is 302 g/mol. The number of ether oxygens (including phenoxy) is 1. The number of hydrogen-bond donors (Lipinski definition) is 2. The largest absolute Gasteiger partial charge is 0.488 e. The van der Waals surface area contributed by atoms with Crippen molar-refractivity contribution < 1.29 is 9.53 Å². The average molecular weight is 302 g/mol. The van der Waals surface area contributed by atoms with Gasteiger partial charge in [-0.25, -0.2) is 14.8 Å². The summed E-state index contributed by atoms with van der Waals surface area (Å²) >= 11 is 0. The number of aromatic nitrogens is 3. The highest BCUT2D eigenvalue weighted by Gasteiger charge is 2.22. The molecule has 2 aromatic rings. The quantitative estimate of drug-likeness (QED) is 0.882. The number of nitrogens with one attached hydrogen (secondary N) is 2. The topological polar surface area (TPSA) is 86.4 Å². The highest BCUT2D eigenvalue weighted by atomic mass is 16.5. The lowest BCUT2D eigenvalue weighted by atomic mass is 10.3. The molecular weight excluding hydrogens is 284 g/mol. The summed E-state index contributed by atoms with van der Waals surface area (Å²) in [5.41, 5.74) is 1.000. The van der Waals surface area contributed by atoms with Crippen LogP contribution in [0.3, 0.4) is 0 Å². The molecule has 116 valence electrons. The van der Waals surface area contributed by atoms with Crippen LogP contribution in [0.15, 0.2) is 24.7 Å². The highest BCUT2D eigenvalue weighted by Crippen LogP contribution is 2.32. The molecule has 22 heavy (non-hydrogen) atoms. The van der Waals surface area contributed by atoms with Crippen LogP contribution in [0, 0.1) is 0 Å². The summed E-state index contributed by atoms with van der Waals surface area (Å²) in [7, 11) is 3.27. The molecule has 0 aromatic carbocycles. The lowest BCUT2D eigenvalue weighted by molar-refractivity contribution is 0.249. The zero-order valence-electron chi connectivity index (χ0n) is 12.5. The van der Waals surface area contributed by atoms with Gasteiger partial charge in [0.25, 0.3) is 0 Å². The molecule has 0 unspecified atom stereocenters. The SMILES string of the molecule is CNC(=O)N(C)c1ccc2c(n1)N(Cc1cnc[nH]1)CCO2. The third kappa shape index (κ3) is 2.67. The van der Waals surface area contributed by atoms with Crippen molar-refractivity contribution >= 4 is 17.7 Å². The van der Waals surface area contributed by atoms with Gasteiger partial charge in [0, 0.05) is 20.3 Å². The van der Waals surface area contributed by atoms with Crippen molar-refractivity contribution in [2.45, 2.75) is 6.54 Å². The number of urea groups is 1. The van der Waals surface area contributed by atoms with E-state index in [9.17, 15) is 4.79 Å². The van der Waals surface area contributed by atoms with Crippen LogP contribution in [0.2, 0.25) is 0 Å². The number of carbonyl (C=O) groups excluding carboxylic acids is 1. The maximum Gasteiger partial charge on any atom is 0.322 e. The van der Waals surface area contributed by atoms with E-state index in [4.69, 9.17) is 4.74 Å². The van der Waals surface area contributed by atoms with Crippen molar-refractivity contribution in [1.29, 1.82) is 0 Å². The number of imidazole rings is 1. The summed E-state index contributed by atoms with van der Waals surface area (Å²) in [6.07, 6.45) is 3.44. The molecule has 1 aliphatic heterocycles. The number of H-pyrrole nitrogens is 1. The molecule has 0 atom stereocenters. The summed E-state index contributed by atoms with van der Waals surface area (Å²) in [6, 6.07) is 3.40. The van der Waals surface area contributed by atoms with Gasteiger partial charge in [-0.3, -0.25) is 4.90 Å². The van der Waals surface area contributed by atoms with Gasteiger partial charge in [-0.05, 0) is 12.1 Å². The van der Waals surface area contributed by atoms with E-state index in [1.165, 1.54) is 4.90 Å². The summed E-state index contributed by atoms with van der Waals surface area (Å²) in [6.45, 7) is 2.00. The molecule has 2 amide bonds. The number of anilines is 2. The molecule has 0 fully saturated rings. The van der Waals surface area contributed by atoms with E-state index in [2.05, 4.69) is 25.2 Å². The van der Waals surface area contributed by atoms with Crippen LogP contribution in [-0.2, 0) is 6.54 Å². The van der Waals surface area contributed by atoms with Crippen molar-refractivity contribution in [2.24, 2.45) is 0 Å². The number of hydrogen-bond acceptors (Lipinski definition) is 5. The predicted molar refractivity (Wildman–Crippen MR) is 82.2 cm³/mol. The fourth-order valence-corrected chi connectivity index (χ4v) is 2.33. The maximum atomic E-state index is 11.7. The first kappa shape index (κ1) is 14.2. The first-order valence-electron chi connectivity index (χ1n) is 7.00. The second-order valence-electron chi connectivity index (χ2n) is 4.95. The number of aromatic amines is 1.